The van der Waals surface area contributed by atoms with Gasteiger partial charge in [0.25, 0.3) is 0 Å². The third-order valence-corrected chi connectivity index (χ3v) is 3.79. The standard InChI is InChI=1S/C17H16F2N2O/c18-13-5-6-15(19)14(9-13)17(12-3-4-12)21-16(22)8-11-2-1-7-20-10-11/h1-2,5-7,9-10,12,17H,3-4,8H2,(H,21,22)/t17-/m0/s1. The second kappa shape index (κ2) is 6.22. The van der Waals surface area contributed by atoms with Crippen LogP contribution in [0.15, 0.2) is 42.7 Å². The Morgan fingerprint density at radius 3 is 2.82 bits per heavy atom. The first-order valence-electron chi connectivity index (χ1n) is 7.26. The van der Waals surface area contributed by atoms with Crippen molar-refractivity contribution >= 4 is 5.91 Å². The SMILES string of the molecule is O=C(Cc1cccnc1)N[C@H](c1cc(F)ccc1F)C1CC1. The Labute approximate surface area is 127 Å². The number of nitrogens with zero attached hydrogens (tertiary/aromatic N) is 1. The second-order valence-electron chi connectivity index (χ2n) is 5.59. The van der Waals surface area contributed by atoms with Gasteiger partial charge in [-0.05, 0) is 48.6 Å². The molecule has 5 heteroatoms. The van der Waals surface area contributed by atoms with Crippen molar-refractivity contribution in [3.8, 4) is 0 Å². The lowest BCUT2D eigenvalue weighted by Crippen LogP contribution is -2.31. The lowest BCUT2D eigenvalue weighted by molar-refractivity contribution is -0.121. The molecule has 1 saturated carbocycles. The molecule has 3 nitrogen and oxygen atoms in total. The molecule has 1 atom stereocenters. The van der Waals surface area contributed by atoms with Crippen LogP contribution in [-0.4, -0.2) is 10.9 Å². The highest BCUT2D eigenvalue weighted by Gasteiger charge is 2.35. The molecular weight excluding hydrogens is 286 g/mol. The lowest BCUT2D eigenvalue weighted by atomic mass is 10.0. The zero-order chi connectivity index (χ0) is 15.5. The first-order valence-corrected chi connectivity index (χ1v) is 7.26. The van der Waals surface area contributed by atoms with E-state index in [-0.39, 0.29) is 23.8 Å². The number of carbonyl (C=O) groups is 1. The number of hydrogen-bond donors (Lipinski definition) is 1. The molecule has 1 amide bonds. The molecule has 0 radical (unpaired) electrons. The van der Waals surface area contributed by atoms with Crippen LogP contribution in [0.4, 0.5) is 8.78 Å². The molecule has 22 heavy (non-hydrogen) atoms. The fourth-order valence-electron chi connectivity index (χ4n) is 2.54. The fourth-order valence-corrected chi connectivity index (χ4v) is 2.54. The monoisotopic (exact) mass is 302 g/mol. The Morgan fingerprint density at radius 2 is 2.14 bits per heavy atom. The van der Waals surface area contributed by atoms with Gasteiger partial charge in [0.1, 0.15) is 11.6 Å². The van der Waals surface area contributed by atoms with E-state index in [2.05, 4.69) is 10.3 Å². The Hall–Kier alpha value is -2.30. The molecule has 1 aromatic heterocycles. The van der Waals surface area contributed by atoms with Crippen LogP contribution in [0.2, 0.25) is 0 Å². The highest BCUT2D eigenvalue weighted by Crippen LogP contribution is 2.41. The van der Waals surface area contributed by atoms with Crippen LogP contribution < -0.4 is 5.32 Å². The van der Waals surface area contributed by atoms with Crippen LogP contribution in [0.3, 0.4) is 0 Å². The third-order valence-electron chi connectivity index (χ3n) is 3.79. The second-order valence-corrected chi connectivity index (χ2v) is 5.59. The van der Waals surface area contributed by atoms with Crippen molar-refractivity contribution < 1.29 is 13.6 Å². The van der Waals surface area contributed by atoms with E-state index in [1.807, 2.05) is 6.07 Å². The predicted octanol–water partition coefficient (Wildman–Crippen LogP) is 3.17. The molecule has 0 unspecified atom stereocenters. The Bertz CT molecular complexity index is 672. The van der Waals surface area contributed by atoms with Crippen LogP contribution in [0.5, 0.6) is 0 Å². The molecule has 2 aromatic rings. The van der Waals surface area contributed by atoms with Gasteiger partial charge in [0, 0.05) is 18.0 Å². The maximum Gasteiger partial charge on any atom is 0.224 e. The number of amides is 1. The van der Waals surface area contributed by atoms with Gasteiger partial charge >= 0.3 is 0 Å². The molecule has 0 saturated heterocycles. The van der Waals surface area contributed by atoms with Crippen LogP contribution in [-0.2, 0) is 11.2 Å². The van der Waals surface area contributed by atoms with Crippen molar-refractivity contribution in [2.75, 3.05) is 0 Å². The van der Waals surface area contributed by atoms with E-state index in [1.165, 1.54) is 6.07 Å². The quantitative estimate of drug-likeness (QED) is 0.922. The molecule has 1 N–H and O–H groups in total. The predicted molar refractivity (Wildman–Crippen MR) is 77.9 cm³/mol. The van der Waals surface area contributed by atoms with Crippen molar-refractivity contribution in [3.63, 3.8) is 0 Å². The summed E-state index contributed by atoms with van der Waals surface area (Å²) < 4.78 is 27.3. The summed E-state index contributed by atoms with van der Waals surface area (Å²) in [6.45, 7) is 0. The van der Waals surface area contributed by atoms with Crippen molar-refractivity contribution in [2.24, 2.45) is 5.92 Å². The minimum Gasteiger partial charge on any atom is -0.349 e. The average molecular weight is 302 g/mol. The maximum absolute atomic E-state index is 14.0. The van der Waals surface area contributed by atoms with Crippen molar-refractivity contribution in [1.29, 1.82) is 0 Å². The van der Waals surface area contributed by atoms with E-state index >= 15 is 0 Å². The molecule has 114 valence electrons. The number of rotatable bonds is 5. The number of carbonyl (C=O) groups excluding carboxylic acids is 1. The Balaban J connectivity index is 1.75. The van der Waals surface area contributed by atoms with Crippen LogP contribution >= 0.6 is 0 Å². The van der Waals surface area contributed by atoms with Gasteiger partial charge in [0.2, 0.25) is 5.91 Å². The van der Waals surface area contributed by atoms with Crippen molar-refractivity contribution in [1.82, 2.24) is 10.3 Å². The first-order chi connectivity index (χ1) is 10.6. The normalized spacial score (nSPS) is 15.4. The van der Waals surface area contributed by atoms with Crippen LogP contribution in [0.1, 0.15) is 30.0 Å². The van der Waals surface area contributed by atoms with Gasteiger partial charge in [-0.25, -0.2) is 8.78 Å². The Morgan fingerprint density at radius 1 is 1.32 bits per heavy atom. The minimum atomic E-state index is -0.497. The summed E-state index contributed by atoms with van der Waals surface area (Å²) in [5.41, 5.74) is 1.01. The van der Waals surface area contributed by atoms with Gasteiger partial charge in [-0.15, -0.1) is 0 Å². The van der Waals surface area contributed by atoms with Crippen molar-refractivity contribution in [2.45, 2.75) is 25.3 Å². The summed E-state index contributed by atoms with van der Waals surface area (Å²) in [6.07, 6.45) is 5.25. The van der Waals surface area contributed by atoms with E-state index in [0.29, 0.717) is 0 Å². The molecular formula is C17H16F2N2O. The van der Waals surface area contributed by atoms with Gasteiger partial charge in [-0.3, -0.25) is 9.78 Å². The van der Waals surface area contributed by atoms with Gasteiger partial charge in [-0.2, -0.15) is 0 Å². The summed E-state index contributed by atoms with van der Waals surface area (Å²) >= 11 is 0. The number of hydrogen-bond acceptors (Lipinski definition) is 2. The van der Waals surface area contributed by atoms with Gasteiger partial charge in [0.05, 0.1) is 12.5 Å². The van der Waals surface area contributed by atoms with E-state index in [9.17, 15) is 13.6 Å². The van der Waals surface area contributed by atoms with Crippen molar-refractivity contribution in [3.05, 3.63) is 65.5 Å². The fraction of sp³-hybridized carbons (Fsp3) is 0.294. The molecule has 0 aliphatic heterocycles. The summed E-state index contributed by atoms with van der Waals surface area (Å²) in [5, 5.41) is 2.84. The maximum atomic E-state index is 14.0. The first kappa shape index (κ1) is 14.6. The van der Waals surface area contributed by atoms with Gasteiger partial charge < -0.3 is 5.32 Å². The smallest absolute Gasteiger partial charge is 0.224 e. The molecule has 1 heterocycles. The van der Waals surface area contributed by atoms with E-state index in [0.717, 1.165) is 30.5 Å². The summed E-state index contributed by atoms with van der Waals surface area (Å²) in [5.74, 6) is -1.02. The summed E-state index contributed by atoms with van der Waals surface area (Å²) in [6, 6.07) is 6.45. The zero-order valence-corrected chi connectivity index (χ0v) is 11.9. The highest BCUT2D eigenvalue weighted by atomic mass is 19.1. The number of aromatic nitrogens is 1. The zero-order valence-electron chi connectivity index (χ0n) is 11.9. The van der Waals surface area contributed by atoms with E-state index in [4.69, 9.17) is 0 Å². The molecule has 3 rings (SSSR count). The molecule has 1 aromatic carbocycles. The number of benzene rings is 1. The lowest BCUT2D eigenvalue weighted by Gasteiger charge is -2.19. The number of nitrogens with one attached hydrogen (secondary N) is 1. The highest BCUT2D eigenvalue weighted by molar-refractivity contribution is 5.79. The van der Waals surface area contributed by atoms with Crippen LogP contribution in [0.25, 0.3) is 0 Å². The van der Waals surface area contributed by atoms with Gasteiger partial charge in [-0.1, -0.05) is 6.07 Å². The molecule has 1 fully saturated rings. The summed E-state index contributed by atoms with van der Waals surface area (Å²) in [4.78, 5) is 16.1. The average Bonchev–Trinajstić information content (AvgIpc) is 3.33. The molecule has 1 aliphatic rings. The number of pyridine rings is 1. The molecule has 0 spiro atoms. The number of halogens is 2. The van der Waals surface area contributed by atoms with Gasteiger partial charge in [0.15, 0.2) is 0 Å². The third kappa shape index (κ3) is 3.47. The molecule has 0 bridgehead atoms. The van der Waals surface area contributed by atoms with E-state index in [1.54, 1.807) is 18.5 Å². The summed E-state index contributed by atoms with van der Waals surface area (Å²) in [7, 11) is 0. The molecule has 1 aliphatic carbocycles. The van der Waals surface area contributed by atoms with Crippen LogP contribution in [0, 0.1) is 17.6 Å². The topological polar surface area (TPSA) is 42.0 Å². The Kier molecular flexibility index (Phi) is 4.13. The minimum absolute atomic E-state index is 0.175. The largest absolute Gasteiger partial charge is 0.349 e. The van der Waals surface area contributed by atoms with E-state index < -0.39 is 17.7 Å².